The van der Waals surface area contributed by atoms with Crippen LogP contribution in [0.3, 0.4) is 0 Å². The highest BCUT2D eigenvalue weighted by Gasteiger charge is 2.44. The predicted molar refractivity (Wildman–Crippen MR) is 129 cm³/mol. The Hall–Kier alpha value is -3.75. The molecule has 2 heterocycles. The third kappa shape index (κ3) is 4.50. The Morgan fingerprint density at radius 3 is 2.26 bits per heavy atom. The molecule has 0 N–H and O–H groups in total. The highest BCUT2D eigenvalue weighted by Crippen LogP contribution is 2.44. The van der Waals surface area contributed by atoms with Crippen LogP contribution >= 0.6 is 0 Å². The molecule has 186 valence electrons. The number of piperazine rings is 1. The second-order valence-electron chi connectivity index (χ2n) is 8.55. The Labute approximate surface area is 205 Å². The zero-order valence-corrected chi connectivity index (χ0v) is 20.5. The molecule has 0 bridgehead atoms. The van der Waals surface area contributed by atoms with Crippen molar-refractivity contribution in [2.24, 2.45) is 0 Å². The molecule has 0 unspecified atom stereocenters. The van der Waals surface area contributed by atoms with Crippen molar-refractivity contribution in [2.45, 2.75) is 18.9 Å². The molecule has 0 radical (unpaired) electrons. The number of amides is 3. The Balaban J connectivity index is 1.70. The largest absolute Gasteiger partial charge is 0.493 e. The summed E-state index contributed by atoms with van der Waals surface area (Å²) < 4.78 is 16.0. The van der Waals surface area contributed by atoms with E-state index in [2.05, 4.69) is 0 Å². The first-order valence-corrected chi connectivity index (χ1v) is 11.7. The van der Waals surface area contributed by atoms with Crippen LogP contribution in [0.15, 0.2) is 42.5 Å². The van der Waals surface area contributed by atoms with Gasteiger partial charge in [-0.15, -0.1) is 0 Å². The Morgan fingerprint density at radius 1 is 0.943 bits per heavy atom. The molecule has 9 nitrogen and oxygen atoms in total. The number of likely N-dealkylation sites (N-methyl/N-ethyl adjacent to an activating group) is 1. The molecule has 2 aliphatic rings. The molecule has 1 fully saturated rings. The SMILES string of the molecule is CCOC(=O)N1CCN(C(=O)[C@H]2c3ccccc3C(=O)N(C)[C@@H]2c2ccc(OC)c(OC)c2)CC1. The van der Waals surface area contributed by atoms with Crippen molar-refractivity contribution >= 4 is 17.9 Å². The lowest BCUT2D eigenvalue weighted by Gasteiger charge is -2.43. The number of ether oxygens (including phenoxy) is 3. The van der Waals surface area contributed by atoms with Gasteiger partial charge in [0.25, 0.3) is 5.91 Å². The summed E-state index contributed by atoms with van der Waals surface area (Å²) in [5.74, 6) is 0.260. The molecule has 3 amide bonds. The summed E-state index contributed by atoms with van der Waals surface area (Å²) in [6.45, 7) is 3.66. The van der Waals surface area contributed by atoms with Crippen molar-refractivity contribution in [1.29, 1.82) is 0 Å². The van der Waals surface area contributed by atoms with Gasteiger partial charge in [0.05, 0.1) is 32.8 Å². The summed E-state index contributed by atoms with van der Waals surface area (Å²) in [6, 6.07) is 12.2. The van der Waals surface area contributed by atoms with Gasteiger partial charge in [0, 0.05) is 38.8 Å². The first-order chi connectivity index (χ1) is 16.9. The average molecular weight is 482 g/mol. The fraction of sp³-hybridized carbons (Fsp3) is 0.423. The Kier molecular flexibility index (Phi) is 7.14. The predicted octanol–water partition coefficient (Wildman–Crippen LogP) is 2.92. The monoisotopic (exact) mass is 481 g/mol. The fourth-order valence-corrected chi connectivity index (χ4v) is 4.91. The normalized spacial score (nSPS) is 19.8. The van der Waals surface area contributed by atoms with E-state index >= 15 is 0 Å². The van der Waals surface area contributed by atoms with Crippen LogP contribution in [-0.4, -0.2) is 86.7 Å². The lowest BCUT2D eigenvalue weighted by Crippen LogP contribution is -2.54. The van der Waals surface area contributed by atoms with E-state index in [4.69, 9.17) is 14.2 Å². The molecular formula is C26H31N3O6. The minimum atomic E-state index is -0.610. The summed E-state index contributed by atoms with van der Waals surface area (Å²) in [6.07, 6.45) is -0.365. The molecule has 4 rings (SSSR count). The van der Waals surface area contributed by atoms with Crippen LogP contribution in [0.1, 0.15) is 40.4 Å². The second kappa shape index (κ2) is 10.2. The maximum atomic E-state index is 14.0. The zero-order valence-electron chi connectivity index (χ0n) is 20.5. The standard InChI is InChI=1S/C26H31N3O6/c1-5-35-26(32)29-14-12-28(13-15-29)25(31)22-18-8-6-7-9-19(18)24(30)27(2)23(22)17-10-11-20(33-3)21(16-17)34-4/h6-11,16,22-23H,5,12-15H2,1-4H3/t22-,23+/m0/s1. The quantitative estimate of drug-likeness (QED) is 0.653. The van der Waals surface area contributed by atoms with Crippen LogP contribution in [0.2, 0.25) is 0 Å². The van der Waals surface area contributed by atoms with Gasteiger partial charge in [0.1, 0.15) is 0 Å². The number of fused-ring (bicyclic) bond motifs is 1. The molecule has 9 heteroatoms. The van der Waals surface area contributed by atoms with E-state index in [-0.39, 0.29) is 17.9 Å². The summed E-state index contributed by atoms with van der Waals surface area (Å²) >= 11 is 0. The Bertz CT molecular complexity index is 1110. The molecule has 2 aromatic carbocycles. The minimum Gasteiger partial charge on any atom is -0.493 e. The molecule has 0 aliphatic carbocycles. The van der Waals surface area contributed by atoms with Gasteiger partial charge in [0.15, 0.2) is 11.5 Å². The maximum absolute atomic E-state index is 14.0. The van der Waals surface area contributed by atoms with E-state index in [1.165, 1.54) is 0 Å². The molecule has 0 aromatic heterocycles. The number of methoxy groups -OCH3 is 2. The van der Waals surface area contributed by atoms with Crippen molar-refractivity contribution in [1.82, 2.24) is 14.7 Å². The first kappa shape index (κ1) is 24.4. The average Bonchev–Trinajstić information content (AvgIpc) is 2.90. The van der Waals surface area contributed by atoms with Gasteiger partial charge in [-0.05, 0) is 36.2 Å². The maximum Gasteiger partial charge on any atom is 0.409 e. The van der Waals surface area contributed by atoms with E-state index in [0.29, 0.717) is 55.4 Å². The minimum absolute atomic E-state index is 0.0832. The van der Waals surface area contributed by atoms with Crippen LogP contribution in [0.5, 0.6) is 11.5 Å². The zero-order chi connectivity index (χ0) is 25.1. The topological polar surface area (TPSA) is 88.6 Å². The fourth-order valence-electron chi connectivity index (χ4n) is 4.91. The lowest BCUT2D eigenvalue weighted by molar-refractivity contribution is -0.136. The third-order valence-electron chi connectivity index (χ3n) is 6.71. The summed E-state index contributed by atoms with van der Waals surface area (Å²) in [7, 11) is 4.84. The van der Waals surface area contributed by atoms with Crippen molar-refractivity contribution < 1.29 is 28.6 Å². The molecule has 2 atom stereocenters. The second-order valence-corrected chi connectivity index (χ2v) is 8.55. The van der Waals surface area contributed by atoms with Crippen LogP contribution < -0.4 is 9.47 Å². The number of carbonyl (C=O) groups excluding carboxylic acids is 3. The van der Waals surface area contributed by atoms with Gasteiger partial charge in [-0.2, -0.15) is 0 Å². The first-order valence-electron chi connectivity index (χ1n) is 11.7. The van der Waals surface area contributed by atoms with E-state index in [1.54, 1.807) is 61.1 Å². The highest BCUT2D eigenvalue weighted by molar-refractivity contribution is 6.01. The van der Waals surface area contributed by atoms with Crippen LogP contribution in [0, 0.1) is 0 Å². The van der Waals surface area contributed by atoms with Crippen molar-refractivity contribution in [3.63, 3.8) is 0 Å². The van der Waals surface area contributed by atoms with Crippen molar-refractivity contribution in [3.05, 3.63) is 59.2 Å². The summed E-state index contributed by atoms with van der Waals surface area (Å²) in [4.78, 5) is 44.4. The highest BCUT2D eigenvalue weighted by atomic mass is 16.6. The number of benzene rings is 2. The van der Waals surface area contributed by atoms with Gasteiger partial charge >= 0.3 is 6.09 Å². The van der Waals surface area contributed by atoms with E-state index < -0.39 is 12.0 Å². The number of nitrogens with zero attached hydrogens (tertiary/aromatic N) is 3. The third-order valence-corrected chi connectivity index (χ3v) is 6.71. The van der Waals surface area contributed by atoms with Crippen molar-refractivity contribution in [2.75, 3.05) is 54.1 Å². The number of rotatable bonds is 5. The van der Waals surface area contributed by atoms with Gasteiger partial charge in [-0.3, -0.25) is 9.59 Å². The molecular weight excluding hydrogens is 450 g/mol. The summed E-state index contributed by atoms with van der Waals surface area (Å²) in [5, 5.41) is 0. The molecule has 1 saturated heterocycles. The number of hydrogen-bond donors (Lipinski definition) is 0. The molecule has 35 heavy (non-hydrogen) atoms. The van der Waals surface area contributed by atoms with Crippen LogP contribution in [0.4, 0.5) is 4.79 Å². The number of hydrogen-bond acceptors (Lipinski definition) is 6. The van der Waals surface area contributed by atoms with E-state index in [0.717, 1.165) is 5.56 Å². The van der Waals surface area contributed by atoms with Gasteiger partial charge < -0.3 is 28.9 Å². The molecule has 0 spiro atoms. The van der Waals surface area contributed by atoms with Gasteiger partial charge in [-0.1, -0.05) is 24.3 Å². The van der Waals surface area contributed by atoms with E-state index in [9.17, 15) is 14.4 Å². The van der Waals surface area contributed by atoms with Crippen LogP contribution in [-0.2, 0) is 9.53 Å². The molecule has 2 aromatic rings. The van der Waals surface area contributed by atoms with Crippen LogP contribution in [0.25, 0.3) is 0 Å². The number of carbonyl (C=O) groups is 3. The summed E-state index contributed by atoms with van der Waals surface area (Å²) in [5.41, 5.74) is 2.00. The smallest absolute Gasteiger partial charge is 0.409 e. The van der Waals surface area contributed by atoms with E-state index in [1.807, 2.05) is 24.3 Å². The van der Waals surface area contributed by atoms with Gasteiger partial charge in [0.2, 0.25) is 5.91 Å². The van der Waals surface area contributed by atoms with Gasteiger partial charge in [-0.25, -0.2) is 4.79 Å². The van der Waals surface area contributed by atoms with Crippen molar-refractivity contribution in [3.8, 4) is 11.5 Å². The Morgan fingerprint density at radius 2 is 1.60 bits per heavy atom. The molecule has 0 saturated carbocycles. The molecule has 2 aliphatic heterocycles. The lowest BCUT2D eigenvalue weighted by atomic mass is 9.79.